The van der Waals surface area contributed by atoms with E-state index in [1.165, 1.54) is 12.1 Å². The molecule has 1 aromatic rings. The summed E-state index contributed by atoms with van der Waals surface area (Å²) in [6, 6.07) is 4.64. The Kier molecular flexibility index (Phi) is 1.72. The Balaban J connectivity index is 2.50. The first-order valence-corrected chi connectivity index (χ1v) is 4.41. The maximum absolute atomic E-state index is 12.9. The molecule has 0 unspecified atom stereocenters. The van der Waals surface area contributed by atoms with Gasteiger partial charge in [0.05, 0.1) is 5.41 Å². The summed E-state index contributed by atoms with van der Waals surface area (Å²) >= 11 is 0. The highest BCUT2D eigenvalue weighted by Crippen LogP contribution is 2.47. The molecule has 1 aromatic carbocycles. The molecular weight excluding hydrogens is 167 g/mol. The number of carbonyl (C=O) groups is 1. The summed E-state index contributed by atoms with van der Waals surface area (Å²) in [5.41, 5.74) is 1.51. The van der Waals surface area contributed by atoms with Gasteiger partial charge in [-0.25, -0.2) is 4.39 Å². The molecule has 13 heavy (non-hydrogen) atoms. The topological polar surface area (TPSA) is 17.1 Å². The number of aldehydes is 1. The normalized spacial score (nSPS) is 18.3. The van der Waals surface area contributed by atoms with E-state index in [1.54, 1.807) is 6.07 Å². The fourth-order valence-electron chi connectivity index (χ4n) is 1.72. The van der Waals surface area contributed by atoms with Gasteiger partial charge in [-0.05, 0) is 43.0 Å². The molecular formula is C11H11FO. The van der Waals surface area contributed by atoms with Crippen molar-refractivity contribution in [3.05, 3.63) is 35.1 Å². The third-order valence-electron chi connectivity index (χ3n) is 2.75. The molecule has 0 amide bonds. The molecule has 1 aliphatic rings. The first-order chi connectivity index (χ1) is 6.18. The number of hydrogen-bond donors (Lipinski definition) is 0. The highest BCUT2D eigenvalue weighted by molar-refractivity contribution is 5.73. The van der Waals surface area contributed by atoms with Crippen molar-refractivity contribution in [2.24, 2.45) is 0 Å². The second-order valence-corrected chi connectivity index (χ2v) is 3.73. The van der Waals surface area contributed by atoms with Crippen LogP contribution in [0, 0.1) is 12.7 Å². The summed E-state index contributed by atoms with van der Waals surface area (Å²) in [4.78, 5) is 10.8. The first-order valence-electron chi connectivity index (χ1n) is 4.41. The Bertz CT molecular complexity index is 353. The Morgan fingerprint density at radius 1 is 1.46 bits per heavy atom. The molecule has 1 fully saturated rings. The van der Waals surface area contributed by atoms with Gasteiger partial charge in [-0.15, -0.1) is 0 Å². The van der Waals surface area contributed by atoms with Crippen LogP contribution in [0.1, 0.15) is 24.0 Å². The van der Waals surface area contributed by atoms with Crippen LogP contribution in [0.25, 0.3) is 0 Å². The van der Waals surface area contributed by atoms with Crippen LogP contribution < -0.4 is 0 Å². The molecule has 0 saturated heterocycles. The third-order valence-corrected chi connectivity index (χ3v) is 2.75. The van der Waals surface area contributed by atoms with Gasteiger partial charge in [-0.3, -0.25) is 0 Å². The minimum absolute atomic E-state index is 0.256. The average molecular weight is 178 g/mol. The minimum atomic E-state index is -0.355. The van der Waals surface area contributed by atoms with Crippen molar-refractivity contribution in [3.63, 3.8) is 0 Å². The molecule has 0 bridgehead atoms. The molecule has 0 N–H and O–H groups in total. The molecule has 68 valence electrons. The smallest absolute Gasteiger partial charge is 0.130 e. The van der Waals surface area contributed by atoms with Crippen LogP contribution in [0.5, 0.6) is 0 Å². The van der Waals surface area contributed by atoms with Crippen LogP contribution in [0.3, 0.4) is 0 Å². The third kappa shape index (κ3) is 1.26. The summed E-state index contributed by atoms with van der Waals surface area (Å²) in [7, 11) is 0. The van der Waals surface area contributed by atoms with E-state index in [-0.39, 0.29) is 11.2 Å². The molecule has 2 heteroatoms. The van der Waals surface area contributed by atoms with E-state index in [9.17, 15) is 9.18 Å². The van der Waals surface area contributed by atoms with Gasteiger partial charge >= 0.3 is 0 Å². The van der Waals surface area contributed by atoms with Crippen LogP contribution in [-0.2, 0) is 10.2 Å². The van der Waals surface area contributed by atoms with Crippen molar-refractivity contribution in [2.75, 3.05) is 0 Å². The monoisotopic (exact) mass is 178 g/mol. The number of aryl methyl sites for hydroxylation is 1. The number of carbonyl (C=O) groups excluding carboxylic acids is 1. The quantitative estimate of drug-likeness (QED) is 0.635. The van der Waals surface area contributed by atoms with Crippen LogP contribution in [0.15, 0.2) is 18.2 Å². The van der Waals surface area contributed by atoms with Crippen molar-refractivity contribution in [1.29, 1.82) is 0 Å². The lowest BCUT2D eigenvalue weighted by molar-refractivity contribution is -0.109. The van der Waals surface area contributed by atoms with E-state index >= 15 is 0 Å². The van der Waals surface area contributed by atoms with Gasteiger partial charge in [-0.1, -0.05) is 6.07 Å². The fraction of sp³-hybridized carbons (Fsp3) is 0.364. The fourth-order valence-corrected chi connectivity index (χ4v) is 1.72. The van der Waals surface area contributed by atoms with E-state index < -0.39 is 0 Å². The van der Waals surface area contributed by atoms with Crippen molar-refractivity contribution < 1.29 is 9.18 Å². The van der Waals surface area contributed by atoms with Crippen LogP contribution in [0.2, 0.25) is 0 Å². The molecule has 0 atom stereocenters. The molecule has 0 radical (unpaired) electrons. The lowest BCUT2D eigenvalue weighted by Crippen LogP contribution is -2.10. The predicted molar refractivity (Wildman–Crippen MR) is 48.1 cm³/mol. The number of halogens is 1. The van der Waals surface area contributed by atoms with Gasteiger partial charge in [-0.2, -0.15) is 0 Å². The van der Waals surface area contributed by atoms with E-state index in [0.29, 0.717) is 0 Å². The van der Waals surface area contributed by atoms with Crippen molar-refractivity contribution in [2.45, 2.75) is 25.2 Å². The van der Waals surface area contributed by atoms with Gasteiger partial charge in [0.25, 0.3) is 0 Å². The van der Waals surface area contributed by atoms with Gasteiger partial charge in [0.2, 0.25) is 0 Å². The van der Waals surface area contributed by atoms with Crippen molar-refractivity contribution in [1.82, 2.24) is 0 Å². The zero-order chi connectivity index (χ0) is 9.47. The number of rotatable bonds is 2. The zero-order valence-electron chi connectivity index (χ0n) is 7.51. The Labute approximate surface area is 76.6 Å². The Hall–Kier alpha value is -1.18. The molecule has 0 aliphatic heterocycles. The van der Waals surface area contributed by atoms with E-state index in [0.717, 1.165) is 30.3 Å². The molecule has 0 spiro atoms. The molecule has 2 rings (SSSR count). The minimum Gasteiger partial charge on any atom is -0.302 e. The molecule has 1 saturated carbocycles. The maximum atomic E-state index is 12.9. The van der Waals surface area contributed by atoms with Gasteiger partial charge < -0.3 is 4.79 Å². The number of hydrogen-bond acceptors (Lipinski definition) is 1. The summed E-state index contributed by atoms with van der Waals surface area (Å²) < 4.78 is 12.9. The second-order valence-electron chi connectivity index (χ2n) is 3.73. The van der Waals surface area contributed by atoms with Crippen LogP contribution in [-0.4, -0.2) is 6.29 Å². The largest absolute Gasteiger partial charge is 0.302 e. The Morgan fingerprint density at radius 2 is 2.15 bits per heavy atom. The highest BCUT2D eigenvalue weighted by atomic mass is 19.1. The summed E-state index contributed by atoms with van der Waals surface area (Å²) in [6.07, 6.45) is 2.68. The maximum Gasteiger partial charge on any atom is 0.130 e. The van der Waals surface area contributed by atoms with E-state index in [2.05, 4.69) is 0 Å². The van der Waals surface area contributed by atoms with E-state index in [4.69, 9.17) is 0 Å². The summed E-state index contributed by atoms with van der Waals surface area (Å²) in [5, 5.41) is 0. The molecule has 0 heterocycles. The van der Waals surface area contributed by atoms with Crippen LogP contribution in [0.4, 0.5) is 4.39 Å². The van der Waals surface area contributed by atoms with Gasteiger partial charge in [0.15, 0.2) is 0 Å². The SMILES string of the molecule is Cc1ccc(F)cc1C1(C=O)CC1. The lowest BCUT2D eigenvalue weighted by atomic mass is 9.93. The average Bonchev–Trinajstić information content (AvgIpc) is 2.90. The molecule has 0 aromatic heterocycles. The standard InChI is InChI=1S/C11H11FO/c1-8-2-3-9(12)6-10(8)11(7-13)4-5-11/h2-3,6-7H,4-5H2,1H3. The predicted octanol–water partition coefficient (Wildman–Crippen LogP) is 2.36. The lowest BCUT2D eigenvalue weighted by Gasteiger charge is -2.10. The zero-order valence-corrected chi connectivity index (χ0v) is 7.51. The Morgan fingerprint density at radius 3 is 2.69 bits per heavy atom. The van der Waals surface area contributed by atoms with Gasteiger partial charge in [0.1, 0.15) is 12.1 Å². The second kappa shape index (κ2) is 2.66. The van der Waals surface area contributed by atoms with Crippen molar-refractivity contribution >= 4 is 6.29 Å². The van der Waals surface area contributed by atoms with Crippen molar-refractivity contribution in [3.8, 4) is 0 Å². The highest BCUT2D eigenvalue weighted by Gasteiger charge is 2.45. The van der Waals surface area contributed by atoms with Crippen LogP contribution >= 0.6 is 0 Å². The van der Waals surface area contributed by atoms with Gasteiger partial charge in [0, 0.05) is 0 Å². The van der Waals surface area contributed by atoms with E-state index in [1.807, 2.05) is 6.92 Å². The summed E-state index contributed by atoms with van der Waals surface area (Å²) in [6.45, 7) is 1.92. The first kappa shape index (κ1) is 8.42. The molecule has 1 aliphatic carbocycles. The molecule has 1 nitrogen and oxygen atoms in total. The number of benzene rings is 1. The summed E-state index contributed by atoms with van der Waals surface area (Å²) in [5.74, 6) is -0.256.